The minimum atomic E-state index is -0.256. The Morgan fingerprint density at radius 2 is 2.10 bits per heavy atom. The first kappa shape index (κ1) is 15.6. The number of hydrogen-bond acceptors (Lipinski definition) is 4. The quantitative estimate of drug-likeness (QED) is 0.892. The molecule has 21 heavy (non-hydrogen) atoms. The summed E-state index contributed by atoms with van der Waals surface area (Å²) >= 11 is 1.57. The molecule has 0 radical (unpaired) electrons. The second-order valence-corrected chi connectivity index (χ2v) is 5.65. The molecule has 1 aromatic carbocycles. The number of amides is 1. The van der Waals surface area contributed by atoms with E-state index < -0.39 is 0 Å². The lowest BCUT2D eigenvalue weighted by Crippen LogP contribution is -2.28. The van der Waals surface area contributed by atoms with Gasteiger partial charge in [-0.05, 0) is 31.2 Å². The van der Waals surface area contributed by atoms with Crippen LogP contribution in [0.2, 0.25) is 0 Å². The average molecular weight is 308 g/mol. The molecule has 112 valence electrons. The van der Waals surface area contributed by atoms with Gasteiger partial charge in [0.25, 0.3) is 0 Å². The highest BCUT2D eigenvalue weighted by Crippen LogP contribution is 2.28. The van der Waals surface area contributed by atoms with Gasteiger partial charge in [-0.25, -0.2) is 9.37 Å². The minimum Gasteiger partial charge on any atom is -0.375 e. The Hall–Kier alpha value is -1.79. The molecule has 1 amide bonds. The van der Waals surface area contributed by atoms with E-state index >= 15 is 0 Å². The van der Waals surface area contributed by atoms with Crippen molar-refractivity contribution in [1.29, 1.82) is 0 Å². The van der Waals surface area contributed by atoms with Crippen molar-refractivity contribution in [2.45, 2.75) is 13.3 Å². The fourth-order valence-corrected chi connectivity index (χ4v) is 2.94. The van der Waals surface area contributed by atoms with Crippen molar-refractivity contribution in [3.05, 3.63) is 40.7 Å². The third kappa shape index (κ3) is 4.34. The molecule has 2 aromatic rings. The lowest BCUT2D eigenvalue weighted by molar-refractivity contribution is -0.124. The van der Waals surface area contributed by atoms with Crippen LogP contribution in [0.4, 0.5) is 4.39 Å². The molecule has 4 nitrogen and oxygen atoms in total. The maximum absolute atomic E-state index is 12.9. The van der Waals surface area contributed by atoms with E-state index in [1.165, 1.54) is 19.2 Å². The van der Waals surface area contributed by atoms with Crippen LogP contribution in [-0.2, 0) is 16.0 Å². The van der Waals surface area contributed by atoms with Crippen molar-refractivity contribution >= 4 is 17.2 Å². The summed E-state index contributed by atoms with van der Waals surface area (Å²) in [4.78, 5) is 16.9. The van der Waals surface area contributed by atoms with E-state index in [0.29, 0.717) is 6.54 Å². The van der Waals surface area contributed by atoms with Gasteiger partial charge in [0.1, 0.15) is 17.4 Å². The summed E-state index contributed by atoms with van der Waals surface area (Å²) in [6.07, 6.45) is 0.722. The molecule has 0 aliphatic heterocycles. The van der Waals surface area contributed by atoms with Crippen LogP contribution in [-0.4, -0.2) is 31.2 Å². The maximum atomic E-state index is 12.9. The van der Waals surface area contributed by atoms with Crippen LogP contribution in [0.5, 0.6) is 0 Å². The Bertz CT molecular complexity index is 611. The number of methoxy groups -OCH3 is 1. The highest BCUT2D eigenvalue weighted by molar-refractivity contribution is 7.15. The molecular formula is C15H17FN2O2S. The molecule has 0 atom stereocenters. The van der Waals surface area contributed by atoms with Crippen molar-refractivity contribution < 1.29 is 13.9 Å². The van der Waals surface area contributed by atoms with Gasteiger partial charge in [-0.1, -0.05) is 0 Å². The summed E-state index contributed by atoms with van der Waals surface area (Å²) in [5.74, 6) is -0.383. The zero-order valence-electron chi connectivity index (χ0n) is 12.0. The number of nitrogens with one attached hydrogen (secondary N) is 1. The van der Waals surface area contributed by atoms with E-state index in [1.54, 1.807) is 23.5 Å². The van der Waals surface area contributed by atoms with E-state index in [0.717, 1.165) is 27.6 Å². The van der Waals surface area contributed by atoms with Gasteiger partial charge in [-0.2, -0.15) is 0 Å². The second-order valence-electron chi connectivity index (χ2n) is 4.57. The summed E-state index contributed by atoms with van der Waals surface area (Å²) in [6, 6.07) is 6.29. The van der Waals surface area contributed by atoms with Gasteiger partial charge in [0.15, 0.2) is 0 Å². The standard InChI is InChI=1S/C15H17FN2O2S/c1-10-13(7-8-17-14(19)9-20-2)21-15(18-10)11-3-5-12(16)6-4-11/h3-6H,7-9H2,1-2H3,(H,17,19). The number of ether oxygens (including phenoxy) is 1. The van der Waals surface area contributed by atoms with Crippen LogP contribution in [0.25, 0.3) is 10.6 Å². The lowest BCUT2D eigenvalue weighted by Gasteiger charge is -2.03. The molecule has 1 N–H and O–H groups in total. The molecule has 2 rings (SSSR count). The topological polar surface area (TPSA) is 51.2 Å². The zero-order valence-corrected chi connectivity index (χ0v) is 12.8. The SMILES string of the molecule is COCC(=O)NCCc1sc(-c2ccc(F)cc2)nc1C. The van der Waals surface area contributed by atoms with Gasteiger partial charge in [0.2, 0.25) is 5.91 Å². The van der Waals surface area contributed by atoms with E-state index in [4.69, 9.17) is 4.74 Å². The van der Waals surface area contributed by atoms with Gasteiger partial charge < -0.3 is 10.1 Å². The Balaban J connectivity index is 1.99. The van der Waals surface area contributed by atoms with E-state index in [1.807, 2.05) is 6.92 Å². The monoisotopic (exact) mass is 308 g/mol. The van der Waals surface area contributed by atoms with Crippen molar-refractivity contribution in [2.24, 2.45) is 0 Å². The summed E-state index contributed by atoms with van der Waals surface area (Å²) < 4.78 is 17.7. The Morgan fingerprint density at radius 1 is 1.38 bits per heavy atom. The van der Waals surface area contributed by atoms with E-state index in [-0.39, 0.29) is 18.3 Å². The first-order chi connectivity index (χ1) is 10.1. The number of benzene rings is 1. The number of thiazole rings is 1. The number of aryl methyl sites for hydroxylation is 1. The molecule has 6 heteroatoms. The summed E-state index contributed by atoms with van der Waals surface area (Å²) in [7, 11) is 1.49. The number of aromatic nitrogens is 1. The molecule has 0 saturated carbocycles. The third-order valence-corrected chi connectivity index (χ3v) is 4.20. The number of rotatable bonds is 6. The van der Waals surface area contributed by atoms with Gasteiger partial charge in [0.05, 0.1) is 5.69 Å². The van der Waals surface area contributed by atoms with E-state index in [2.05, 4.69) is 10.3 Å². The molecule has 1 heterocycles. The molecular weight excluding hydrogens is 291 g/mol. The summed E-state index contributed by atoms with van der Waals surface area (Å²) in [5.41, 5.74) is 1.85. The lowest BCUT2D eigenvalue weighted by atomic mass is 10.2. The second kappa shape index (κ2) is 7.28. The highest BCUT2D eigenvalue weighted by Gasteiger charge is 2.10. The number of hydrogen-bond donors (Lipinski definition) is 1. The largest absolute Gasteiger partial charge is 0.375 e. The van der Waals surface area contributed by atoms with Crippen LogP contribution >= 0.6 is 11.3 Å². The normalized spacial score (nSPS) is 10.6. The van der Waals surface area contributed by atoms with Gasteiger partial charge >= 0.3 is 0 Å². The van der Waals surface area contributed by atoms with Crippen molar-refractivity contribution in [3.63, 3.8) is 0 Å². The summed E-state index contributed by atoms with van der Waals surface area (Å²) in [5, 5.41) is 3.65. The fourth-order valence-electron chi connectivity index (χ4n) is 1.87. The Kier molecular flexibility index (Phi) is 5.41. The summed E-state index contributed by atoms with van der Waals surface area (Å²) in [6.45, 7) is 2.56. The number of nitrogens with zero attached hydrogens (tertiary/aromatic N) is 1. The van der Waals surface area contributed by atoms with Crippen LogP contribution in [0.3, 0.4) is 0 Å². The predicted molar refractivity (Wildman–Crippen MR) is 80.8 cm³/mol. The first-order valence-electron chi connectivity index (χ1n) is 6.58. The third-order valence-electron chi connectivity index (χ3n) is 2.93. The molecule has 1 aromatic heterocycles. The smallest absolute Gasteiger partial charge is 0.245 e. The Labute approximate surface area is 127 Å². The Morgan fingerprint density at radius 3 is 2.76 bits per heavy atom. The van der Waals surface area contributed by atoms with Crippen LogP contribution in [0, 0.1) is 12.7 Å². The molecule has 0 aliphatic carbocycles. The van der Waals surface area contributed by atoms with Crippen LogP contribution < -0.4 is 5.32 Å². The average Bonchev–Trinajstić information content (AvgIpc) is 2.81. The molecule has 0 bridgehead atoms. The van der Waals surface area contributed by atoms with Crippen LogP contribution in [0.1, 0.15) is 10.6 Å². The van der Waals surface area contributed by atoms with Gasteiger partial charge in [-0.15, -0.1) is 11.3 Å². The predicted octanol–water partition coefficient (Wildman–Crippen LogP) is 2.56. The molecule has 0 saturated heterocycles. The maximum Gasteiger partial charge on any atom is 0.245 e. The minimum absolute atomic E-state index is 0.0719. The van der Waals surface area contributed by atoms with Crippen molar-refractivity contribution in [3.8, 4) is 10.6 Å². The molecule has 0 aliphatic rings. The first-order valence-corrected chi connectivity index (χ1v) is 7.39. The van der Waals surface area contributed by atoms with E-state index in [9.17, 15) is 9.18 Å². The fraction of sp³-hybridized carbons (Fsp3) is 0.333. The van der Waals surface area contributed by atoms with Gasteiger partial charge in [0, 0.05) is 30.5 Å². The zero-order chi connectivity index (χ0) is 15.2. The molecule has 0 spiro atoms. The van der Waals surface area contributed by atoms with Gasteiger partial charge in [-0.3, -0.25) is 4.79 Å². The van der Waals surface area contributed by atoms with Crippen molar-refractivity contribution in [2.75, 3.05) is 20.3 Å². The molecule has 0 unspecified atom stereocenters. The van der Waals surface area contributed by atoms with Crippen molar-refractivity contribution in [1.82, 2.24) is 10.3 Å². The number of carbonyl (C=O) groups excluding carboxylic acids is 1. The van der Waals surface area contributed by atoms with Crippen LogP contribution in [0.15, 0.2) is 24.3 Å². The molecule has 0 fully saturated rings. The highest BCUT2D eigenvalue weighted by atomic mass is 32.1. The number of carbonyl (C=O) groups is 1. The number of halogens is 1.